The fraction of sp³-hybridized carbons (Fsp3) is 0.364. The predicted molar refractivity (Wildman–Crippen MR) is 62.9 cm³/mol. The number of hydrogen-bond donors (Lipinski definition) is 2. The molecule has 1 rings (SSSR count). The maximum Gasteiger partial charge on any atom is 0.342 e. The van der Waals surface area contributed by atoms with Crippen molar-refractivity contribution in [1.29, 1.82) is 0 Å². The largest absolute Gasteiger partial charge is 0.507 e. The number of esters is 1. The van der Waals surface area contributed by atoms with Crippen molar-refractivity contribution in [2.24, 2.45) is 0 Å². The smallest absolute Gasteiger partial charge is 0.342 e. The summed E-state index contributed by atoms with van der Waals surface area (Å²) in [5.41, 5.74) is 0.795. The van der Waals surface area contributed by atoms with Crippen LogP contribution in [0.25, 0.3) is 0 Å². The molecule has 0 saturated heterocycles. The highest BCUT2D eigenvalue weighted by Crippen LogP contribution is 2.40. The van der Waals surface area contributed by atoms with Crippen molar-refractivity contribution in [2.45, 2.75) is 20.8 Å². The van der Waals surface area contributed by atoms with Gasteiger partial charge in [-0.2, -0.15) is 0 Å². The van der Waals surface area contributed by atoms with Crippen LogP contribution in [0.2, 0.25) is 0 Å². The van der Waals surface area contributed by atoms with Crippen molar-refractivity contribution in [3.8, 4) is 11.5 Å². The molecule has 5 heteroatoms. The molecule has 0 aliphatic carbocycles. The minimum atomic E-state index is -0.596. The second kappa shape index (κ2) is 4.74. The van der Waals surface area contributed by atoms with Gasteiger partial charge >= 0.3 is 5.97 Å². The minimum absolute atomic E-state index is 0.0666. The maximum absolute atomic E-state index is 11.6. The fourth-order valence-electron chi connectivity index (χ4n) is 1.38. The Balaban J connectivity index is 3.45. The zero-order chi connectivity index (χ0) is 12.5. The molecule has 0 bridgehead atoms. The fourth-order valence-corrected chi connectivity index (χ4v) is 1.88. The van der Waals surface area contributed by atoms with Crippen LogP contribution < -0.4 is 0 Å². The summed E-state index contributed by atoms with van der Waals surface area (Å²) in [6.45, 7) is 5.06. The molecule has 0 aromatic heterocycles. The average molecular weight is 289 g/mol. The molecule has 0 aliphatic heterocycles. The second-order valence-corrected chi connectivity index (χ2v) is 4.15. The van der Waals surface area contributed by atoms with Crippen molar-refractivity contribution in [2.75, 3.05) is 6.61 Å². The van der Waals surface area contributed by atoms with Gasteiger partial charge in [-0.3, -0.25) is 0 Å². The van der Waals surface area contributed by atoms with Crippen molar-refractivity contribution in [3.05, 3.63) is 21.2 Å². The highest BCUT2D eigenvalue weighted by molar-refractivity contribution is 9.10. The molecule has 88 valence electrons. The van der Waals surface area contributed by atoms with E-state index in [1.54, 1.807) is 13.8 Å². The third-order valence-electron chi connectivity index (χ3n) is 2.34. The van der Waals surface area contributed by atoms with E-state index >= 15 is 0 Å². The van der Waals surface area contributed by atoms with E-state index < -0.39 is 5.97 Å². The zero-order valence-electron chi connectivity index (χ0n) is 9.30. The zero-order valence-corrected chi connectivity index (χ0v) is 10.9. The standard InChI is InChI=1S/C11H13BrO4/c1-4-16-11(15)7-5(2)8(12)10(14)6(3)9(7)13/h13-14H,4H2,1-3H3. The van der Waals surface area contributed by atoms with Gasteiger partial charge < -0.3 is 14.9 Å². The molecule has 0 saturated carbocycles. The van der Waals surface area contributed by atoms with Crippen molar-refractivity contribution < 1.29 is 19.7 Å². The summed E-state index contributed by atoms with van der Waals surface area (Å²) >= 11 is 3.17. The Bertz CT molecular complexity index is 411. The molecule has 0 atom stereocenters. The first-order valence-corrected chi connectivity index (χ1v) is 5.58. The molecule has 0 fully saturated rings. The molecule has 1 aromatic carbocycles. The van der Waals surface area contributed by atoms with Crippen LogP contribution in [0.15, 0.2) is 4.47 Å². The number of ether oxygens (including phenoxy) is 1. The highest BCUT2D eigenvalue weighted by Gasteiger charge is 2.23. The predicted octanol–water partition coefficient (Wildman–Crippen LogP) is 2.65. The van der Waals surface area contributed by atoms with E-state index in [2.05, 4.69) is 15.9 Å². The molecule has 2 N–H and O–H groups in total. The number of phenols is 2. The number of phenolic OH excluding ortho intramolecular Hbond substituents is 2. The van der Waals surface area contributed by atoms with E-state index in [-0.39, 0.29) is 29.2 Å². The lowest BCUT2D eigenvalue weighted by atomic mass is 10.0. The summed E-state index contributed by atoms with van der Waals surface area (Å²) in [4.78, 5) is 11.6. The Labute approximate surface area is 102 Å². The van der Waals surface area contributed by atoms with Crippen molar-refractivity contribution in [1.82, 2.24) is 0 Å². The van der Waals surface area contributed by atoms with Gasteiger partial charge in [0.1, 0.15) is 17.1 Å². The van der Waals surface area contributed by atoms with E-state index in [0.717, 1.165) is 0 Å². The Hall–Kier alpha value is -1.23. The number of hydrogen-bond acceptors (Lipinski definition) is 4. The lowest BCUT2D eigenvalue weighted by molar-refractivity contribution is 0.0522. The summed E-state index contributed by atoms with van der Waals surface area (Å²) in [5.74, 6) is -0.902. The molecule has 0 heterocycles. The highest BCUT2D eigenvalue weighted by atomic mass is 79.9. The van der Waals surface area contributed by atoms with Crippen molar-refractivity contribution >= 4 is 21.9 Å². The van der Waals surface area contributed by atoms with Crippen LogP contribution in [0, 0.1) is 13.8 Å². The Morgan fingerprint density at radius 3 is 2.31 bits per heavy atom. The first-order valence-electron chi connectivity index (χ1n) is 4.79. The number of carbonyl (C=O) groups excluding carboxylic acids is 1. The van der Waals surface area contributed by atoms with E-state index in [4.69, 9.17) is 4.74 Å². The SMILES string of the molecule is CCOC(=O)c1c(C)c(Br)c(O)c(C)c1O. The van der Waals surface area contributed by atoms with Gasteiger partial charge in [-0.25, -0.2) is 4.79 Å². The number of benzene rings is 1. The van der Waals surface area contributed by atoms with Crippen LogP contribution in [0.5, 0.6) is 11.5 Å². The summed E-state index contributed by atoms with van der Waals surface area (Å²) in [5, 5.41) is 19.4. The van der Waals surface area contributed by atoms with E-state index in [1.807, 2.05) is 0 Å². The molecule has 0 aliphatic rings. The number of carbonyl (C=O) groups is 1. The topological polar surface area (TPSA) is 66.8 Å². The van der Waals surface area contributed by atoms with Gasteiger partial charge in [0.2, 0.25) is 0 Å². The first kappa shape index (κ1) is 12.8. The molecule has 0 spiro atoms. The lowest BCUT2D eigenvalue weighted by Gasteiger charge is -2.13. The summed E-state index contributed by atoms with van der Waals surface area (Å²) in [7, 11) is 0. The minimum Gasteiger partial charge on any atom is -0.507 e. The normalized spacial score (nSPS) is 10.2. The van der Waals surface area contributed by atoms with Crippen LogP contribution in [0.4, 0.5) is 0 Å². The Kier molecular flexibility index (Phi) is 3.80. The Morgan fingerprint density at radius 1 is 1.25 bits per heavy atom. The van der Waals surface area contributed by atoms with Gasteiger partial charge in [-0.15, -0.1) is 0 Å². The van der Waals surface area contributed by atoms with E-state index in [0.29, 0.717) is 10.0 Å². The molecular weight excluding hydrogens is 276 g/mol. The van der Waals surface area contributed by atoms with Gasteiger partial charge in [0.25, 0.3) is 0 Å². The second-order valence-electron chi connectivity index (χ2n) is 3.36. The van der Waals surface area contributed by atoms with Crippen LogP contribution >= 0.6 is 15.9 Å². The molecule has 16 heavy (non-hydrogen) atoms. The third-order valence-corrected chi connectivity index (χ3v) is 3.31. The molecule has 0 unspecified atom stereocenters. The number of rotatable bonds is 2. The maximum atomic E-state index is 11.6. The summed E-state index contributed by atoms with van der Waals surface area (Å²) < 4.78 is 5.23. The van der Waals surface area contributed by atoms with Gasteiger partial charge in [-0.1, -0.05) is 0 Å². The molecular formula is C11H13BrO4. The average Bonchev–Trinajstić information content (AvgIpc) is 2.24. The van der Waals surface area contributed by atoms with E-state index in [9.17, 15) is 15.0 Å². The van der Waals surface area contributed by atoms with Gasteiger partial charge in [0.05, 0.1) is 11.1 Å². The quantitative estimate of drug-likeness (QED) is 0.821. The van der Waals surface area contributed by atoms with Gasteiger partial charge in [0, 0.05) is 5.56 Å². The van der Waals surface area contributed by atoms with E-state index in [1.165, 1.54) is 6.92 Å². The third kappa shape index (κ3) is 2.00. The first-order chi connectivity index (χ1) is 7.41. The number of halogens is 1. The van der Waals surface area contributed by atoms with Gasteiger partial charge in [-0.05, 0) is 42.3 Å². The van der Waals surface area contributed by atoms with Crippen LogP contribution in [0.1, 0.15) is 28.4 Å². The molecule has 0 amide bonds. The monoisotopic (exact) mass is 288 g/mol. The molecule has 1 aromatic rings. The molecule has 0 radical (unpaired) electrons. The van der Waals surface area contributed by atoms with Crippen LogP contribution in [0.3, 0.4) is 0 Å². The van der Waals surface area contributed by atoms with Crippen LogP contribution in [-0.4, -0.2) is 22.8 Å². The van der Waals surface area contributed by atoms with Gasteiger partial charge in [0.15, 0.2) is 0 Å². The molecule has 4 nitrogen and oxygen atoms in total. The van der Waals surface area contributed by atoms with Crippen LogP contribution in [-0.2, 0) is 4.74 Å². The van der Waals surface area contributed by atoms with Crippen molar-refractivity contribution in [3.63, 3.8) is 0 Å². The summed E-state index contributed by atoms with van der Waals surface area (Å²) in [6.07, 6.45) is 0. The Morgan fingerprint density at radius 2 is 1.81 bits per heavy atom. The summed E-state index contributed by atoms with van der Waals surface area (Å²) in [6, 6.07) is 0. The number of aromatic hydroxyl groups is 2. The lowest BCUT2D eigenvalue weighted by Crippen LogP contribution is -2.08.